The number of halogens is 1. The van der Waals surface area contributed by atoms with Crippen molar-refractivity contribution < 1.29 is 13.6 Å². The van der Waals surface area contributed by atoms with Crippen LogP contribution < -0.4 is 0 Å². The maximum atomic E-state index is 12.8. The predicted octanol–water partition coefficient (Wildman–Crippen LogP) is 4.13. The molecule has 1 aromatic carbocycles. The summed E-state index contributed by atoms with van der Waals surface area (Å²) in [5, 5.41) is 2.89. The fourth-order valence-electron chi connectivity index (χ4n) is 1.30. The van der Waals surface area contributed by atoms with Crippen molar-refractivity contribution in [3.05, 3.63) is 59.6 Å². The van der Waals surface area contributed by atoms with E-state index < -0.39 is 0 Å². The average molecular weight is 248 g/mol. The van der Waals surface area contributed by atoms with Crippen LogP contribution in [0.25, 0.3) is 10.1 Å². The van der Waals surface area contributed by atoms with Gasteiger partial charge in [-0.3, -0.25) is 4.79 Å². The molecule has 0 fully saturated rings. The van der Waals surface area contributed by atoms with Crippen molar-refractivity contribution in [3.63, 3.8) is 0 Å². The topological polar surface area (TPSA) is 30.2 Å². The molecule has 0 atom stereocenters. The van der Waals surface area contributed by atoms with Gasteiger partial charge in [0.1, 0.15) is 12.1 Å². The zero-order chi connectivity index (χ0) is 12.1. The van der Waals surface area contributed by atoms with Gasteiger partial charge in [0.05, 0.1) is 16.5 Å². The molecule has 0 aliphatic rings. The number of rotatable bonds is 1. The summed E-state index contributed by atoms with van der Waals surface area (Å²) in [6, 6.07) is 8.65. The summed E-state index contributed by atoms with van der Waals surface area (Å²) in [5.41, 5.74) is 0.583. The third kappa shape index (κ3) is 2.79. The van der Waals surface area contributed by atoms with Crippen LogP contribution in [0, 0.1) is 5.82 Å². The van der Waals surface area contributed by atoms with Gasteiger partial charge in [0.25, 0.3) is 0 Å². The molecule has 0 spiro atoms. The Balaban J connectivity index is 0.000000136. The minimum Gasteiger partial charge on any atom is -0.472 e. The normalized spacial score (nSPS) is 9.71. The van der Waals surface area contributed by atoms with Crippen LogP contribution in [0.2, 0.25) is 0 Å². The molecule has 0 N–H and O–H groups in total. The molecule has 0 aliphatic carbocycles. The van der Waals surface area contributed by atoms with E-state index in [-0.39, 0.29) is 5.82 Å². The number of aldehydes is 1. The lowest BCUT2D eigenvalue weighted by Crippen LogP contribution is -1.69. The molecule has 3 aromatic rings. The molecule has 0 saturated carbocycles. The quantitative estimate of drug-likeness (QED) is 0.606. The van der Waals surface area contributed by atoms with Crippen molar-refractivity contribution in [2.75, 3.05) is 0 Å². The summed E-state index contributed by atoms with van der Waals surface area (Å²) in [6.07, 6.45) is 3.60. The Morgan fingerprint density at radius 3 is 2.71 bits per heavy atom. The van der Waals surface area contributed by atoms with E-state index in [9.17, 15) is 9.18 Å². The maximum absolute atomic E-state index is 12.8. The minimum atomic E-state index is -0.118. The largest absolute Gasteiger partial charge is 0.472 e. The molecule has 0 bridgehead atoms. The number of carbonyl (C=O) groups excluding carboxylic acids is 1. The Morgan fingerprint density at radius 2 is 2.12 bits per heavy atom. The number of hydrogen-bond acceptors (Lipinski definition) is 3. The number of carbonyl (C=O) groups is 1. The van der Waals surface area contributed by atoms with Crippen LogP contribution in [0.1, 0.15) is 10.4 Å². The molecule has 2 aromatic heterocycles. The van der Waals surface area contributed by atoms with Crippen LogP contribution >= 0.6 is 11.3 Å². The molecule has 17 heavy (non-hydrogen) atoms. The molecule has 0 radical (unpaired) electrons. The van der Waals surface area contributed by atoms with Crippen LogP contribution in [-0.4, -0.2) is 6.29 Å². The van der Waals surface area contributed by atoms with Crippen molar-refractivity contribution in [2.24, 2.45) is 0 Å². The first-order chi connectivity index (χ1) is 8.31. The van der Waals surface area contributed by atoms with E-state index in [2.05, 4.69) is 4.42 Å². The molecule has 2 nitrogen and oxygen atoms in total. The first-order valence-electron chi connectivity index (χ1n) is 4.90. The van der Waals surface area contributed by atoms with Gasteiger partial charge in [0.15, 0.2) is 6.29 Å². The summed E-state index contributed by atoms with van der Waals surface area (Å²) >= 11 is 1.44. The third-order valence-electron chi connectivity index (χ3n) is 2.11. The highest BCUT2D eigenvalue weighted by Crippen LogP contribution is 2.22. The van der Waals surface area contributed by atoms with E-state index in [1.165, 1.54) is 29.9 Å². The summed E-state index contributed by atoms with van der Waals surface area (Å²) in [5.74, 6) is -0.118. The van der Waals surface area contributed by atoms with Gasteiger partial charge >= 0.3 is 0 Å². The monoisotopic (exact) mass is 248 g/mol. The second kappa shape index (κ2) is 5.41. The molecule has 0 aliphatic heterocycles. The van der Waals surface area contributed by atoms with Crippen molar-refractivity contribution in [1.82, 2.24) is 0 Å². The van der Waals surface area contributed by atoms with Gasteiger partial charge < -0.3 is 4.42 Å². The van der Waals surface area contributed by atoms with Gasteiger partial charge in [-0.1, -0.05) is 12.1 Å². The Hall–Kier alpha value is -1.94. The summed E-state index contributed by atoms with van der Waals surface area (Å²) < 4.78 is 18.2. The van der Waals surface area contributed by atoms with E-state index in [0.717, 1.165) is 16.4 Å². The van der Waals surface area contributed by atoms with Crippen molar-refractivity contribution in [1.29, 1.82) is 0 Å². The summed E-state index contributed by atoms with van der Waals surface area (Å²) in [7, 11) is 0. The second-order valence-corrected chi connectivity index (χ2v) is 4.17. The van der Waals surface area contributed by atoms with E-state index in [1.54, 1.807) is 12.1 Å². The van der Waals surface area contributed by atoms with E-state index in [1.807, 2.05) is 17.5 Å². The van der Waals surface area contributed by atoms with Crippen LogP contribution in [0.5, 0.6) is 0 Å². The van der Waals surface area contributed by atoms with Gasteiger partial charge in [0, 0.05) is 0 Å². The number of thiophene rings is 1. The van der Waals surface area contributed by atoms with Crippen molar-refractivity contribution in [3.8, 4) is 0 Å². The predicted molar refractivity (Wildman–Crippen MR) is 65.9 cm³/mol. The van der Waals surface area contributed by atoms with Gasteiger partial charge in [-0.25, -0.2) is 4.39 Å². The smallest absolute Gasteiger partial charge is 0.153 e. The van der Waals surface area contributed by atoms with Gasteiger partial charge in [-0.05, 0) is 29.0 Å². The number of fused-ring (bicyclic) bond motifs is 1. The SMILES string of the molecule is Fc1cccc2ccsc12.O=Cc1ccoc1. The lowest BCUT2D eigenvalue weighted by atomic mass is 10.3. The van der Waals surface area contributed by atoms with Crippen LogP contribution in [0.3, 0.4) is 0 Å². The molecule has 3 rings (SSSR count). The fraction of sp³-hybridized carbons (Fsp3) is 0. The Morgan fingerprint density at radius 1 is 1.24 bits per heavy atom. The lowest BCUT2D eigenvalue weighted by Gasteiger charge is -1.87. The highest BCUT2D eigenvalue weighted by Gasteiger charge is 1.98. The third-order valence-corrected chi connectivity index (χ3v) is 3.05. The average Bonchev–Trinajstić information content (AvgIpc) is 3.01. The molecular formula is C13H9FO2S. The van der Waals surface area contributed by atoms with Crippen molar-refractivity contribution >= 4 is 27.7 Å². The van der Waals surface area contributed by atoms with Gasteiger partial charge in [-0.2, -0.15) is 0 Å². The van der Waals surface area contributed by atoms with Crippen molar-refractivity contribution in [2.45, 2.75) is 0 Å². The molecule has 0 saturated heterocycles. The fourth-order valence-corrected chi connectivity index (χ4v) is 2.10. The van der Waals surface area contributed by atoms with E-state index in [4.69, 9.17) is 0 Å². The zero-order valence-electron chi connectivity index (χ0n) is 8.80. The molecule has 4 heteroatoms. The van der Waals surface area contributed by atoms with E-state index >= 15 is 0 Å². The summed E-state index contributed by atoms with van der Waals surface area (Å²) in [4.78, 5) is 9.81. The van der Waals surface area contributed by atoms with Gasteiger partial charge in [-0.15, -0.1) is 11.3 Å². The summed E-state index contributed by atoms with van der Waals surface area (Å²) in [6.45, 7) is 0. The number of furan rings is 1. The number of benzene rings is 1. The molecule has 2 heterocycles. The highest BCUT2D eigenvalue weighted by molar-refractivity contribution is 7.17. The maximum Gasteiger partial charge on any atom is 0.153 e. The van der Waals surface area contributed by atoms with Gasteiger partial charge in [0.2, 0.25) is 0 Å². The highest BCUT2D eigenvalue weighted by atomic mass is 32.1. The Labute approximate surface area is 101 Å². The lowest BCUT2D eigenvalue weighted by molar-refractivity contribution is 0.112. The molecular weight excluding hydrogens is 239 g/mol. The first-order valence-corrected chi connectivity index (χ1v) is 5.78. The molecule has 86 valence electrons. The molecule has 0 amide bonds. The van der Waals surface area contributed by atoms with Crippen LogP contribution in [0.15, 0.2) is 52.7 Å². The van der Waals surface area contributed by atoms with Crippen LogP contribution in [-0.2, 0) is 0 Å². The minimum absolute atomic E-state index is 0.118. The number of hydrogen-bond donors (Lipinski definition) is 0. The Bertz CT molecular complexity index is 599. The molecule has 0 unspecified atom stereocenters. The zero-order valence-corrected chi connectivity index (χ0v) is 9.62. The van der Waals surface area contributed by atoms with E-state index in [0.29, 0.717) is 5.56 Å². The Kier molecular flexibility index (Phi) is 3.67. The first kappa shape index (κ1) is 11.5. The second-order valence-electron chi connectivity index (χ2n) is 3.25. The standard InChI is InChI=1S/C8H5FS.C5H4O2/c9-7-3-1-2-6-4-5-10-8(6)7;6-3-5-1-2-7-4-5/h1-5H;1-4H. The van der Waals surface area contributed by atoms with Crippen LogP contribution in [0.4, 0.5) is 4.39 Å².